The molecule has 1 rings (SSSR count). The van der Waals surface area contributed by atoms with Crippen LogP contribution in [0.25, 0.3) is 0 Å². The number of ether oxygens (including phenoxy) is 1. The first-order chi connectivity index (χ1) is 32.4. The Labute approximate surface area is 415 Å². The number of unbranched alkanes of at least 4 members (excludes halogenated alkanes) is 32. The van der Waals surface area contributed by atoms with Crippen molar-refractivity contribution in [2.24, 2.45) is 17.8 Å². The monoisotopic (exact) mass is 926 g/mol. The summed E-state index contributed by atoms with van der Waals surface area (Å²) in [6.07, 6.45) is 69.5. The first-order valence-corrected chi connectivity index (χ1v) is 30.6. The molecule has 1 heterocycles. The maximum absolute atomic E-state index is 13.3. The first-order valence-electron chi connectivity index (χ1n) is 30.6. The summed E-state index contributed by atoms with van der Waals surface area (Å²) in [4.78, 5) is 13.3. The summed E-state index contributed by atoms with van der Waals surface area (Å²) in [6, 6.07) is 0. The highest BCUT2D eigenvalue weighted by Gasteiger charge is 2.18. The van der Waals surface area contributed by atoms with Crippen LogP contribution in [0.4, 0.5) is 0 Å². The molecule has 0 amide bonds. The van der Waals surface area contributed by atoms with Crippen molar-refractivity contribution in [1.82, 2.24) is 4.57 Å². The predicted molar refractivity (Wildman–Crippen MR) is 291 cm³/mol. The zero-order valence-electron chi connectivity index (χ0n) is 46.2. The molecule has 1 aromatic rings. The van der Waals surface area contributed by atoms with Gasteiger partial charge < -0.3 is 4.74 Å². The van der Waals surface area contributed by atoms with Crippen molar-refractivity contribution in [3.05, 3.63) is 18.7 Å². The molecule has 0 aliphatic carbocycles. The topological polar surface area (TPSA) is 35.1 Å². The number of carbonyl (C=O) groups is 1. The number of hydrogen-bond acceptors (Lipinski definition) is 2. The van der Waals surface area contributed by atoms with Crippen LogP contribution in [-0.2, 0) is 22.6 Å². The van der Waals surface area contributed by atoms with Gasteiger partial charge in [0.05, 0.1) is 13.0 Å². The average Bonchev–Trinajstić information content (AvgIpc) is 3.77. The Kier molecular flexibility index (Phi) is 46.3. The lowest BCUT2D eigenvalue weighted by molar-refractivity contribution is -0.696. The van der Waals surface area contributed by atoms with Crippen molar-refractivity contribution in [3.8, 4) is 0 Å². The largest absolute Gasteiger partial charge is 0.462 e. The van der Waals surface area contributed by atoms with E-state index in [1.54, 1.807) is 0 Å². The fourth-order valence-corrected chi connectivity index (χ4v) is 10.5. The maximum Gasteiger partial charge on any atom is 0.310 e. The number of nitrogens with zero attached hydrogens (tertiary/aromatic N) is 2. The Morgan fingerprint density at radius 3 is 1.26 bits per heavy atom. The second-order valence-electron chi connectivity index (χ2n) is 22.4. The van der Waals surface area contributed by atoms with E-state index in [0.29, 0.717) is 18.9 Å². The summed E-state index contributed by atoms with van der Waals surface area (Å²) in [6.45, 7) is 15.7. The highest BCUT2D eigenvalue weighted by Crippen LogP contribution is 2.27. The third-order valence-electron chi connectivity index (χ3n) is 15.2. The summed E-state index contributed by atoms with van der Waals surface area (Å²) in [7, 11) is 0. The van der Waals surface area contributed by atoms with Gasteiger partial charge in [-0.1, -0.05) is 298 Å². The molecule has 1 aromatic heterocycles. The van der Waals surface area contributed by atoms with E-state index in [4.69, 9.17) is 4.74 Å². The third kappa shape index (κ3) is 42.8. The second kappa shape index (κ2) is 48.7. The average molecular weight is 927 g/mol. The Bertz CT molecular complexity index is 1080. The van der Waals surface area contributed by atoms with Crippen LogP contribution in [0.1, 0.15) is 337 Å². The van der Waals surface area contributed by atoms with Gasteiger partial charge in [-0.2, -0.15) is 0 Å². The number of rotatable bonds is 53. The van der Waals surface area contributed by atoms with Crippen molar-refractivity contribution in [2.45, 2.75) is 356 Å². The Balaban J connectivity index is 2.51. The zero-order chi connectivity index (χ0) is 47.8. The van der Waals surface area contributed by atoms with E-state index in [2.05, 4.69) is 69.4 Å². The molecule has 0 saturated carbocycles. The van der Waals surface area contributed by atoms with Crippen LogP contribution in [0.2, 0.25) is 0 Å². The molecule has 0 aliphatic rings. The summed E-state index contributed by atoms with van der Waals surface area (Å²) < 4.78 is 10.7. The molecule has 0 N–H and O–H groups in total. The van der Waals surface area contributed by atoms with Crippen LogP contribution in [0.15, 0.2) is 18.7 Å². The van der Waals surface area contributed by atoms with E-state index >= 15 is 0 Å². The van der Waals surface area contributed by atoms with Gasteiger partial charge in [-0.3, -0.25) is 4.79 Å². The van der Waals surface area contributed by atoms with Gasteiger partial charge in [-0.05, 0) is 49.9 Å². The number of imidazole rings is 1. The summed E-state index contributed by atoms with van der Waals surface area (Å²) >= 11 is 0. The van der Waals surface area contributed by atoms with Gasteiger partial charge >= 0.3 is 5.97 Å². The highest BCUT2D eigenvalue weighted by atomic mass is 16.5. The van der Waals surface area contributed by atoms with Gasteiger partial charge in [0.15, 0.2) is 0 Å². The molecular weight excluding hydrogens is 805 g/mol. The van der Waals surface area contributed by atoms with E-state index in [1.165, 1.54) is 276 Å². The fourth-order valence-electron chi connectivity index (χ4n) is 10.5. The van der Waals surface area contributed by atoms with E-state index in [0.717, 1.165) is 31.2 Å². The molecule has 0 bridgehead atoms. The van der Waals surface area contributed by atoms with Crippen LogP contribution in [-0.4, -0.2) is 16.6 Å². The molecule has 4 heteroatoms. The quantitative estimate of drug-likeness (QED) is 0.0371. The SMILES string of the molecule is CCCCCCCCCCCCCCCCCCC(CCCCCCCCCCCCCCCCCC)CCCCC(CCC(C)CCCC(C)C)OC(=O)CCn1cc[n+](CCCC)c1. The molecule has 390 valence electrons. The van der Waals surface area contributed by atoms with E-state index in [-0.39, 0.29) is 12.1 Å². The first kappa shape index (κ1) is 62.7. The summed E-state index contributed by atoms with van der Waals surface area (Å²) in [5.74, 6) is 2.36. The normalized spacial score (nSPS) is 12.8. The Morgan fingerprint density at radius 2 is 0.833 bits per heavy atom. The molecule has 0 aliphatic heterocycles. The van der Waals surface area contributed by atoms with Crippen molar-refractivity contribution in [2.75, 3.05) is 0 Å². The number of carbonyl (C=O) groups excluding carboxylic acids is 1. The maximum atomic E-state index is 13.3. The minimum Gasteiger partial charge on any atom is -0.462 e. The van der Waals surface area contributed by atoms with E-state index in [9.17, 15) is 4.79 Å². The molecule has 2 unspecified atom stereocenters. The molecule has 2 atom stereocenters. The summed E-state index contributed by atoms with van der Waals surface area (Å²) in [5, 5.41) is 0. The molecule has 4 nitrogen and oxygen atoms in total. The Hall–Kier alpha value is -1.32. The van der Waals surface area contributed by atoms with Gasteiger partial charge in [-0.25, -0.2) is 9.13 Å². The predicted octanol–water partition coefficient (Wildman–Crippen LogP) is 20.6. The van der Waals surface area contributed by atoms with Crippen LogP contribution in [0.3, 0.4) is 0 Å². The molecule has 66 heavy (non-hydrogen) atoms. The van der Waals surface area contributed by atoms with E-state index < -0.39 is 0 Å². The van der Waals surface area contributed by atoms with Crippen molar-refractivity contribution in [3.63, 3.8) is 0 Å². The number of esters is 1. The van der Waals surface area contributed by atoms with Crippen molar-refractivity contribution < 1.29 is 14.1 Å². The van der Waals surface area contributed by atoms with Crippen molar-refractivity contribution in [1.29, 1.82) is 0 Å². The van der Waals surface area contributed by atoms with Crippen LogP contribution in [0.5, 0.6) is 0 Å². The van der Waals surface area contributed by atoms with Gasteiger partial charge in [0.25, 0.3) is 0 Å². The van der Waals surface area contributed by atoms with Crippen LogP contribution in [0, 0.1) is 17.8 Å². The molecule has 0 saturated heterocycles. The smallest absolute Gasteiger partial charge is 0.310 e. The van der Waals surface area contributed by atoms with Crippen LogP contribution < -0.4 is 4.57 Å². The van der Waals surface area contributed by atoms with Gasteiger partial charge in [-0.15, -0.1) is 0 Å². The van der Waals surface area contributed by atoms with Gasteiger partial charge in [0, 0.05) is 0 Å². The van der Waals surface area contributed by atoms with E-state index in [1.807, 2.05) is 0 Å². The second-order valence-corrected chi connectivity index (χ2v) is 22.4. The molecule has 0 spiro atoms. The minimum atomic E-state index is -0.00820. The standard InChI is InChI=1S/C62H121N2O2/c1-7-10-13-15-17-19-21-23-25-27-29-31-33-35-37-39-46-60(47-40-38-36-34-32-30-28-26-24-22-20-18-16-14-11-8-2)48-41-42-49-61(51-50-59(6)45-43-44-58(4)5)66-62(65)52-54-64-56-55-63(57-64)53-12-9-3/h55-61H,7-54H2,1-6H3/q+1. The van der Waals surface area contributed by atoms with Crippen LogP contribution >= 0.6 is 0 Å². The molecule has 0 fully saturated rings. The number of hydrogen-bond donors (Lipinski definition) is 0. The minimum absolute atomic E-state index is 0.00820. The van der Waals surface area contributed by atoms with Crippen molar-refractivity contribution >= 4 is 5.97 Å². The lowest BCUT2D eigenvalue weighted by atomic mass is 9.89. The number of aromatic nitrogens is 2. The van der Waals surface area contributed by atoms with Gasteiger partial charge in [0.2, 0.25) is 6.33 Å². The molecule has 0 aromatic carbocycles. The van der Waals surface area contributed by atoms with Gasteiger partial charge in [0.1, 0.15) is 25.0 Å². The zero-order valence-corrected chi connectivity index (χ0v) is 46.2. The molecular formula is C62H121N2O2+. The number of aryl methyl sites for hydroxylation is 2. The summed E-state index contributed by atoms with van der Waals surface area (Å²) in [5.41, 5.74) is 0. The fraction of sp³-hybridized carbons (Fsp3) is 0.935. The lowest BCUT2D eigenvalue weighted by Gasteiger charge is -2.21. The Morgan fingerprint density at radius 1 is 0.439 bits per heavy atom. The third-order valence-corrected chi connectivity index (χ3v) is 15.2. The molecule has 0 radical (unpaired) electrons. The highest BCUT2D eigenvalue weighted by molar-refractivity contribution is 5.69. The lowest BCUT2D eigenvalue weighted by Crippen LogP contribution is -2.30.